The average Bonchev–Trinajstić information content (AvgIpc) is 2.42. The SMILES string of the molecule is CC1(C)OC[C@H](C(=O)C(F)(F)P(=O)(O)O)O1. The van der Waals surface area contributed by atoms with Crippen LogP contribution in [0, 0.1) is 0 Å². The Bertz CT molecular complexity index is 349. The predicted octanol–water partition coefficient (Wildman–Crippen LogP) is 0.477. The molecule has 94 valence electrons. The molecule has 1 fully saturated rings. The number of rotatable bonds is 3. The summed E-state index contributed by atoms with van der Waals surface area (Å²) in [5.74, 6) is -3.18. The molecule has 0 radical (unpaired) electrons. The first-order valence-corrected chi connectivity index (χ1v) is 5.88. The molecule has 1 aliphatic heterocycles. The highest BCUT2D eigenvalue weighted by atomic mass is 31.2. The van der Waals surface area contributed by atoms with E-state index in [1.807, 2.05) is 0 Å². The molecule has 0 bridgehead atoms. The van der Waals surface area contributed by atoms with Crippen LogP contribution in [-0.4, -0.2) is 39.7 Å². The van der Waals surface area contributed by atoms with Gasteiger partial charge in [0.2, 0.25) is 5.78 Å². The minimum atomic E-state index is -5.84. The summed E-state index contributed by atoms with van der Waals surface area (Å²) in [5, 5.41) is 0. The second kappa shape index (κ2) is 3.82. The Hall–Kier alpha value is -0.400. The molecule has 1 rings (SSSR count). The molecular weight excluding hydrogens is 249 g/mol. The van der Waals surface area contributed by atoms with Crippen LogP contribution in [0.25, 0.3) is 0 Å². The summed E-state index contributed by atoms with van der Waals surface area (Å²) in [5.41, 5.74) is -4.75. The van der Waals surface area contributed by atoms with Gasteiger partial charge in [-0.2, -0.15) is 8.78 Å². The lowest BCUT2D eigenvalue weighted by atomic mass is 10.2. The average molecular weight is 260 g/mol. The van der Waals surface area contributed by atoms with E-state index in [9.17, 15) is 18.1 Å². The van der Waals surface area contributed by atoms with Crippen molar-refractivity contribution in [3.63, 3.8) is 0 Å². The maximum atomic E-state index is 13.0. The highest BCUT2D eigenvalue weighted by Crippen LogP contribution is 2.54. The van der Waals surface area contributed by atoms with E-state index in [-0.39, 0.29) is 0 Å². The minimum absolute atomic E-state index is 0.457. The molecule has 9 heteroatoms. The number of carbonyl (C=O) groups is 1. The molecule has 0 saturated carbocycles. The van der Waals surface area contributed by atoms with Crippen molar-refractivity contribution in [3.8, 4) is 0 Å². The second-order valence-corrected chi connectivity index (χ2v) is 5.42. The summed E-state index contributed by atoms with van der Waals surface area (Å²) in [4.78, 5) is 27.9. The Morgan fingerprint density at radius 2 is 2.00 bits per heavy atom. The van der Waals surface area contributed by atoms with Crippen molar-refractivity contribution in [2.45, 2.75) is 31.4 Å². The molecule has 0 amide bonds. The minimum Gasteiger partial charge on any atom is -0.347 e. The molecule has 0 spiro atoms. The molecular formula is C7H11F2O6P. The number of carbonyl (C=O) groups excluding carboxylic acids is 1. The van der Waals surface area contributed by atoms with Gasteiger partial charge in [-0.25, -0.2) is 0 Å². The van der Waals surface area contributed by atoms with Crippen molar-refractivity contribution >= 4 is 13.4 Å². The first-order valence-electron chi connectivity index (χ1n) is 4.27. The summed E-state index contributed by atoms with van der Waals surface area (Å²) < 4.78 is 46.0. The summed E-state index contributed by atoms with van der Waals surface area (Å²) in [6, 6.07) is 0. The first kappa shape index (κ1) is 13.7. The van der Waals surface area contributed by atoms with Gasteiger partial charge in [-0.1, -0.05) is 0 Å². The molecule has 1 aliphatic rings. The molecule has 0 aromatic heterocycles. The van der Waals surface area contributed by atoms with Gasteiger partial charge in [0, 0.05) is 0 Å². The monoisotopic (exact) mass is 260 g/mol. The number of ketones is 1. The first-order chi connectivity index (χ1) is 6.97. The molecule has 0 unspecified atom stereocenters. The summed E-state index contributed by atoms with van der Waals surface area (Å²) in [6.45, 7) is 2.34. The highest BCUT2D eigenvalue weighted by Gasteiger charge is 2.59. The van der Waals surface area contributed by atoms with Crippen LogP contribution >= 0.6 is 7.60 Å². The lowest BCUT2D eigenvalue weighted by molar-refractivity contribution is -0.162. The highest BCUT2D eigenvalue weighted by molar-refractivity contribution is 7.54. The van der Waals surface area contributed by atoms with Gasteiger partial charge in [-0.15, -0.1) is 0 Å². The molecule has 1 heterocycles. The van der Waals surface area contributed by atoms with Gasteiger partial charge in [-0.05, 0) is 13.8 Å². The molecule has 2 N–H and O–H groups in total. The Morgan fingerprint density at radius 3 is 2.31 bits per heavy atom. The summed E-state index contributed by atoms with van der Waals surface area (Å²) in [6.07, 6.45) is -1.67. The van der Waals surface area contributed by atoms with E-state index in [1.165, 1.54) is 13.8 Å². The summed E-state index contributed by atoms with van der Waals surface area (Å²) in [7, 11) is -5.84. The Morgan fingerprint density at radius 1 is 1.50 bits per heavy atom. The standard InChI is InChI=1S/C7H11F2O6P/c1-6(2)14-3-4(15-6)5(10)7(8,9)16(11,12)13/h4H,3H2,1-2H3,(H2,11,12,13)/t4-/m1/s1. The number of ether oxygens (including phenoxy) is 2. The Kier molecular flexibility index (Phi) is 3.26. The van der Waals surface area contributed by atoms with E-state index in [0.29, 0.717) is 0 Å². The predicted molar refractivity (Wildman–Crippen MR) is 46.9 cm³/mol. The summed E-state index contributed by atoms with van der Waals surface area (Å²) >= 11 is 0. The van der Waals surface area contributed by atoms with Gasteiger partial charge in [0.1, 0.15) is 6.10 Å². The smallest absolute Gasteiger partial charge is 0.347 e. The third kappa shape index (κ3) is 2.46. The van der Waals surface area contributed by atoms with Crippen LogP contribution in [-0.2, 0) is 18.8 Å². The van der Waals surface area contributed by atoms with Gasteiger partial charge in [0.25, 0.3) is 0 Å². The fraction of sp³-hybridized carbons (Fsp3) is 0.857. The molecule has 1 saturated heterocycles. The third-order valence-corrected chi connectivity index (χ3v) is 2.92. The van der Waals surface area contributed by atoms with Crippen molar-refractivity contribution in [2.24, 2.45) is 0 Å². The molecule has 0 aromatic rings. The van der Waals surface area contributed by atoms with E-state index >= 15 is 0 Å². The maximum absolute atomic E-state index is 13.0. The van der Waals surface area contributed by atoms with E-state index in [4.69, 9.17) is 19.3 Å². The van der Waals surface area contributed by atoms with Crippen molar-refractivity contribution in [3.05, 3.63) is 0 Å². The van der Waals surface area contributed by atoms with E-state index in [1.54, 1.807) is 0 Å². The Labute approximate surface area is 89.7 Å². The van der Waals surface area contributed by atoms with Crippen LogP contribution in [0.3, 0.4) is 0 Å². The van der Waals surface area contributed by atoms with Crippen LogP contribution in [0.4, 0.5) is 8.78 Å². The van der Waals surface area contributed by atoms with Crippen molar-refractivity contribution < 1.29 is 37.4 Å². The number of Topliss-reactive ketones (excluding diaryl/α,β-unsaturated/α-hetero) is 1. The van der Waals surface area contributed by atoms with Gasteiger partial charge in [0.15, 0.2) is 5.79 Å². The molecule has 16 heavy (non-hydrogen) atoms. The van der Waals surface area contributed by atoms with E-state index in [2.05, 4.69) is 0 Å². The zero-order chi connectivity index (χ0) is 12.8. The van der Waals surface area contributed by atoms with E-state index < -0.39 is 37.5 Å². The number of hydrogen-bond donors (Lipinski definition) is 2. The van der Waals surface area contributed by atoms with Gasteiger partial charge in [-0.3, -0.25) is 9.36 Å². The molecule has 0 aliphatic carbocycles. The second-order valence-electron chi connectivity index (χ2n) is 3.77. The van der Waals surface area contributed by atoms with Crippen molar-refractivity contribution in [1.29, 1.82) is 0 Å². The van der Waals surface area contributed by atoms with Crippen LogP contribution in [0.2, 0.25) is 0 Å². The number of halogens is 2. The van der Waals surface area contributed by atoms with Crippen LogP contribution in [0.5, 0.6) is 0 Å². The van der Waals surface area contributed by atoms with Crippen LogP contribution < -0.4 is 0 Å². The topological polar surface area (TPSA) is 93.1 Å². The number of alkyl halides is 2. The lowest BCUT2D eigenvalue weighted by Gasteiger charge is -2.20. The normalized spacial score (nSPS) is 25.8. The van der Waals surface area contributed by atoms with Crippen molar-refractivity contribution in [2.75, 3.05) is 6.61 Å². The van der Waals surface area contributed by atoms with Crippen LogP contribution in [0.1, 0.15) is 13.8 Å². The lowest BCUT2D eigenvalue weighted by Crippen LogP contribution is -2.39. The third-order valence-electron chi connectivity index (χ3n) is 1.96. The van der Waals surface area contributed by atoms with Gasteiger partial charge >= 0.3 is 13.3 Å². The quantitative estimate of drug-likeness (QED) is 0.717. The van der Waals surface area contributed by atoms with Gasteiger partial charge < -0.3 is 19.3 Å². The van der Waals surface area contributed by atoms with E-state index in [0.717, 1.165) is 0 Å². The fourth-order valence-corrected chi connectivity index (χ4v) is 1.58. The Balaban J connectivity index is 2.85. The number of hydrogen-bond acceptors (Lipinski definition) is 4. The zero-order valence-corrected chi connectivity index (χ0v) is 9.41. The maximum Gasteiger partial charge on any atom is 0.405 e. The van der Waals surface area contributed by atoms with Crippen LogP contribution in [0.15, 0.2) is 0 Å². The largest absolute Gasteiger partial charge is 0.405 e. The van der Waals surface area contributed by atoms with Gasteiger partial charge in [0.05, 0.1) is 6.61 Å². The zero-order valence-electron chi connectivity index (χ0n) is 8.52. The van der Waals surface area contributed by atoms with Crippen molar-refractivity contribution in [1.82, 2.24) is 0 Å². The molecule has 0 aromatic carbocycles. The molecule has 1 atom stereocenters. The fourth-order valence-electron chi connectivity index (χ4n) is 1.15. The molecule has 6 nitrogen and oxygen atoms in total.